The fourth-order valence-corrected chi connectivity index (χ4v) is 1.54. The highest BCUT2D eigenvalue weighted by atomic mass is 19.1. The monoisotopic (exact) mass is 240 g/mol. The number of carbonyl (C=O) groups excluding carboxylic acids is 1. The second kappa shape index (κ2) is 5.72. The van der Waals surface area contributed by atoms with E-state index in [1.54, 1.807) is 6.92 Å². The van der Waals surface area contributed by atoms with Gasteiger partial charge in [0.2, 0.25) is 5.95 Å². The standard InChI is InChI=1S/C12H17FN2O2/c1-3-5-12(2,17)8-15-11(16)9-4-6-14-10(13)7-9/h4,6-7,17H,3,5,8H2,1-2H3,(H,15,16). The van der Waals surface area contributed by atoms with Crippen LogP contribution in [0, 0.1) is 5.95 Å². The molecule has 94 valence electrons. The van der Waals surface area contributed by atoms with Crippen molar-refractivity contribution in [2.45, 2.75) is 32.3 Å². The number of halogens is 1. The molecule has 0 spiro atoms. The van der Waals surface area contributed by atoms with E-state index in [1.165, 1.54) is 12.3 Å². The van der Waals surface area contributed by atoms with Crippen LogP contribution >= 0.6 is 0 Å². The molecule has 0 radical (unpaired) electrons. The summed E-state index contributed by atoms with van der Waals surface area (Å²) in [5.74, 6) is -1.11. The molecule has 2 N–H and O–H groups in total. The Hall–Kier alpha value is -1.49. The smallest absolute Gasteiger partial charge is 0.251 e. The average molecular weight is 240 g/mol. The highest BCUT2D eigenvalue weighted by Crippen LogP contribution is 2.10. The van der Waals surface area contributed by atoms with E-state index in [-0.39, 0.29) is 12.1 Å². The van der Waals surface area contributed by atoms with Gasteiger partial charge in [0, 0.05) is 24.4 Å². The largest absolute Gasteiger partial charge is 0.388 e. The number of nitrogens with zero attached hydrogens (tertiary/aromatic N) is 1. The molecule has 0 aliphatic rings. The van der Waals surface area contributed by atoms with Crippen LogP contribution in [0.5, 0.6) is 0 Å². The maximum Gasteiger partial charge on any atom is 0.251 e. The molecule has 17 heavy (non-hydrogen) atoms. The fourth-order valence-electron chi connectivity index (χ4n) is 1.54. The quantitative estimate of drug-likeness (QED) is 0.767. The number of aromatic nitrogens is 1. The van der Waals surface area contributed by atoms with Gasteiger partial charge in [-0.1, -0.05) is 13.3 Å². The summed E-state index contributed by atoms with van der Waals surface area (Å²) in [7, 11) is 0. The van der Waals surface area contributed by atoms with E-state index in [9.17, 15) is 14.3 Å². The van der Waals surface area contributed by atoms with Crippen LogP contribution in [0.1, 0.15) is 37.0 Å². The Morgan fingerprint density at radius 1 is 1.65 bits per heavy atom. The first-order chi connectivity index (χ1) is 7.94. The number of aliphatic hydroxyl groups is 1. The van der Waals surface area contributed by atoms with Gasteiger partial charge in [-0.05, 0) is 19.4 Å². The van der Waals surface area contributed by atoms with Gasteiger partial charge in [-0.25, -0.2) is 4.98 Å². The number of hydrogen-bond donors (Lipinski definition) is 2. The van der Waals surface area contributed by atoms with Gasteiger partial charge in [-0.2, -0.15) is 4.39 Å². The molecule has 1 aromatic rings. The zero-order valence-electron chi connectivity index (χ0n) is 10.0. The number of carbonyl (C=O) groups is 1. The molecule has 0 aliphatic carbocycles. The van der Waals surface area contributed by atoms with Gasteiger partial charge in [0.05, 0.1) is 5.60 Å². The van der Waals surface area contributed by atoms with Gasteiger partial charge in [-0.15, -0.1) is 0 Å². The van der Waals surface area contributed by atoms with E-state index in [1.807, 2.05) is 6.92 Å². The number of hydrogen-bond acceptors (Lipinski definition) is 3. The average Bonchev–Trinajstić information content (AvgIpc) is 2.26. The Morgan fingerprint density at radius 3 is 2.94 bits per heavy atom. The number of pyridine rings is 1. The van der Waals surface area contributed by atoms with Crippen molar-refractivity contribution >= 4 is 5.91 Å². The van der Waals surface area contributed by atoms with Crippen LogP contribution in [0.25, 0.3) is 0 Å². The lowest BCUT2D eigenvalue weighted by atomic mass is 10.0. The summed E-state index contributed by atoms with van der Waals surface area (Å²) < 4.78 is 12.8. The molecule has 0 saturated carbocycles. The van der Waals surface area contributed by atoms with Gasteiger partial charge < -0.3 is 10.4 Å². The summed E-state index contributed by atoms with van der Waals surface area (Å²) in [6.07, 6.45) is 2.65. The lowest BCUT2D eigenvalue weighted by Crippen LogP contribution is -2.40. The van der Waals surface area contributed by atoms with E-state index in [2.05, 4.69) is 10.3 Å². The third-order valence-corrected chi connectivity index (χ3v) is 2.41. The normalized spacial score (nSPS) is 14.1. The molecule has 5 heteroatoms. The van der Waals surface area contributed by atoms with Gasteiger partial charge in [0.1, 0.15) is 0 Å². The zero-order valence-corrected chi connectivity index (χ0v) is 10.0. The second-order valence-electron chi connectivity index (χ2n) is 4.30. The van der Waals surface area contributed by atoms with E-state index >= 15 is 0 Å². The summed E-state index contributed by atoms with van der Waals surface area (Å²) in [5, 5.41) is 12.4. The molecule has 0 fully saturated rings. The molecule has 1 aromatic heterocycles. The van der Waals surface area contributed by atoms with Crippen molar-refractivity contribution < 1.29 is 14.3 Å². The number of nitrogens with one attached hydrogen (secondary N) is 1. The van der Waals surface area contributed by atoms with Crippen LogP contribution < -0.4 is 5.32 Å². The lowest BCUT2D eigenvalue weighted by molar-refractivity contribution is 0.0469. The molecule has 1 rings (SSSR count). The molecule has 1 amide bonds. The topological polar surface area (TPSA) is 62.2 Å². The maximum atomic E-state index is 12.8. The zero-order chi connectivity index (χ0) is 12.9. The van der Waals surface area contributed by atoms with E-state index in [4.69, 9.17) is 0 Å². The van der Waals surface area contributed by atoms with Gasteiger partial charge in [0.25, 0.3) is 5.91 Å². The van der Waals surface area contributed by atoms with Gasteiger partial charge in [0.15, 0.2) is 0 Å². The van der Waals surface area contributed by atoms with Crippen molar-refractivity contribution in [1.82, 2.24) is 10.3 Å². The minimum atomic E-state index is -0.935. The van der Waals surface area contributed by atoms with Crippen molar-refractivity contribution in [3.05, 3.63) is 29.8 Å². The third kappa shape index (κ3) is 4.48. The summed E-state index contributed by atoms with van der Waals surface area (Å²) in [6, 6.07) is 2.48. The third-order valence-electron chi connectivity index (χ3n) is 2.41. The molecule has 4 nitrogen and oxygen atoms in total. The molecular weight excluding hydrogens is 223 g/mol. The Labute approximate surface area is 99.9 Å². The first-order valence-corrected chi connectivity index (χ1v) is 5.57. The first kappa shape index (κ1) is 13.6. The number of amides is 1. The predicted octanol–water partition coefficient (Wildman–Crippen LogP) is 1.50. The second-order valence-corrected chi connectivity index (χ2v) is 4.30. The Bertz CT molecular complexity index is 394. The predicted molar refractivity (Wildman–Crippen MR) is 62.1 cm³/mol. The van der Waals surface area contributed by atoms with Crippen molar-refractivity contribution in [3.8, 4) is 0 Å². The summed E-state index contributed by atoms with van der Waals surface area (Å²) >= 11 is 0. The molecule has 1 atom stereocenters. The van der Waals surface area contributed by atoms with Crippen molar-refractivity contribution in [1.29, 1.82) is 0 Å². The maximum absolute atomic E-state index is 12.8. The van der Waals surface area contributed by atoms with E-state index in [0.29, 0.717) is 6.42 Å². The highest BCUT2D eigenvalue weighted by Gasteiger charge is 2.20. The Balaban J connectivity index is 2.56. The summed E-state index contributed by atoms with van der Waals surface area (Å²) in [6.45, 7) is 3.75. The molecule has 0 saturated heterocycles. The molecule has 0 aromatic carbocycles. The van der Waals surface area contributed by atoms with Crippen molar-refractivity contribution in [2.24, 2.45) is 0 Å². The van der Waals surface area contributed by atoms with Gasteiger partial charge in [-0.3, -0.25) is 4.79 Å². The molecule has 1 heterocycles. The lowest BCUT2D eigenvalue weighted by Gasteiger charge is -2.22. The Morgan fingerprint density at radius 2 is 2.35 bits per heavy atom. The first-order valence-electron chi connectivity index (χ1n) is 5.57. The highest BCUT2D eigenvalue weighted by molar-refractivity contribution is 5.94. The summed E-state index contributed by atoms with van der Waals surface area (Å²) in [4.78, 5) is 15.0. The Kier molecular flexibility index (Phi) is 4.57. The minimum absolute atomic E-state index is 0.142. The SMILES string of the molecule is CCCC(C)(O)CNC(=O)c1ccnc(F)c1. The summed E-state index contributed by atoms with van der Waals surface area (Å²) in [5.41, 5.74) is -0.736. The van der Waals surface area contributed by atoms with E-state index in [0.717, 1.165) is 12.5 Å². The van der Waals surface area contributed by atoms with Gasteiger partial charge >= 0.3 is 0 Å². The van der Waals surface area contributed by atoms with Crippen LogP contribution in [0.3, 0.4) is 0 Å². The van der Waals surface area contributed by atoms with Crippen molar-refractivity contribution in [2.75, 3.05) is 6.54 Å². The van der Waals surface area contributed by atoms with Crippen LogP contribution in [0.15, 0.2) is 18.3 Å². The molecule has 0 bridgehead atoms. The number of rotatable bonds is 5. The minimum Gasteiger partial charge on any atom is -0.388 e. The fraction of sp³-hybridized carbons (Fsp3) is 0.500. The molecular formula is C12H17FN2O2. The molecule has 1 unspecified atom stereocenters. The van der Waals surface area contributed by atoms with Crippen LogP contribution in [-0.2, 0) is 0 Å². The molecule has 0 aliphatic heterocycles. The van der Waals surface area contributed by atoms with Crippen LogP contribution in [0.4, 0.5) is 4.39 Å². The van der Waals surface area contributed by atoms with E-state index < -0.39 is 17.5 Å². The van der Waals surface area contributed by atoms with Crippen LogP contribution in [-0.4, -0.2) is 28.1 Å². The van der Waals surface area contributed by atoms with Crippen molar-refractivity contribution in [3.63, 3.8) is 0 Å². The van der Waals surface area contributed by atoms with Crippen LogP contribution in [0.2, 0.25) is 0 Å².